The number of aromatic nitrogens is 2. The Morgan fingerprint density at radius 3 is 2.59 bits per heavy atom. The third-order valence-electron chi connectivity index (χ3n) is 2.06. The molecule has 0 aliphatic heterocycles. The SMILES string of the molecule is Cn1c(=O)[nH]c(N)c(/C(C=N)=C/C(=O)O)c1=O. The highest BCUT2D eigenvalue weighted by atomic mass is 16.4. The lowest BCUT2D eigenvalue weighted by molar-refractivity contribution is -0.131. The molecule has 5 N–H and O–H groups in total. The molecule has 1 aromatic heterocycles. The first kappa shape index (κ1) is 12.4. The van der Waals surface area contributed by atoms with E-state index in [2.05, 4.69) is 4.98 Å². The molecule has 0 saturated carbocycles. The van der Waals surface area contributed by atoms with Crippen LogP contribution in [0.3, 0.4) is 0 Å². The number of nitrogens with one attached hydrogen (secondary N) is 2. The van der Waals surface area contributed by atoms with E-state index in [4.69, 9.17) is 16.2 Å². The van der Waals surface area contributed by atoms with E-state index in [-0.39, 0.29) is 17.0 Å². The van der Waals surface area contributed by atoms with Crippen molar-refractivity contribution in [2.45, 2.75) is 0 Å². The Morgan fingerprint density at radius 1 is 1.53 bits per heavy atom. The third kappa shape index (κ3) is 2.30. The predicted octanol–water partition coefficient (Wildman–Crippen LogP) is -1.23. The second-order valence-corrected chi connectivity index (χ2v) is 3.17. The van der Waals surface area contributed by atoms with Crippen LogP contribution in [0.2, 0.25) is 0 Å². The minimum atomic E-state index is -1.32. The number of nitrogens with two attached hydrogens (primary N) is 1. The summed E-state index contributed by atoms with van der Waals surface area (Å²) in [4.78, 5) is 35.6. The quantitative estimate of drug-likeness (QED) is 0.385. The molecule has 0 aromatic carbocycles. The van der Waals surface area contributed by atoms with Gasteiger partial charge in [-0.15, -0.1) is 0 Å². The second kappa shape index (κ2) is 4.47. The van der Waals surface area contributed by atoms with E-state index in [1.165, 1.54) is 7.05 Å². The zero-order chi connectivity index (χ0) is 13.2. The van der Waals surface area contributed by atoms with Crippen molar-refractivity contribution in [3.8, 4) is 0 Å². The van der Waals surface area contributed by atoms with Gasteiger partial charge >= 0.3 is 11.7 Å². The summed E-state index contributed by atoms with van der Waals surface area (Å²) in [6, 6.07) is 0. The molecule has 0 unspecified atom stereocenters. The van der Waals surface area contributed by atoms with Crippen molar-refractivity contribution < 1.29 is 9.90 Å². The van der Waals surface area contributed by atoms with E-state index in [9.17, 15) is 14.4 Å². The Morgan fingerprint density at radius 2 is 2.12 bits per heavy atom. The van der Waals surface area contributed by atoms with Gasteiger partial charge in [-0.05, 0) is 0 Å². The van der Waals surface area contributed by atoms with Gasteiger partial charge in [0.05, 0.1) is 5.56 Å². The number of H-pyrrole nitrogens is 1. The minimum Gasteiger partial charge on any atom is -0.478 e. The summed E-state index contributed by atoms with van der Waals surface area (Å²) in [6.07, 6.45) is 1.35. The summed E-state index contributed by atoms with van der Waals surface area (Å²) in [5, 5.41) is 15.6. The molecule has 8 nitrogen and oxygen atoms in total. The summed E-state index contributed by atoms with van der Waals surface area (Å²) >= 11 is 0. The zero-order valence-corrected chi connectivity index (χ0v) is 8.85. The van der Waals surface area contributed by atoms with Crippen LogP contribution < -0.4 is 17.0 Å². The molecule has 0 radical (unpaired) electrons. The standard InChI is InChI=1S/C9H10N4O4/c1-13-8(16)6(7(11)12-9(13)17)4(3-10)2-5(14)15/h2-3,10H,11H2,1H3,(H,12,17)(H,14,15)/b4-2+,10-3?. The largest absolute Gasteiger partial charge is 0.478 e. The number of carbonyl (C=O) groups is 1. The van der Waals surface area contributed by atoms with E-state index in [1.54, 1.807) is 0 Å². The van der Waals surface area contributed by atoms with E-state index < -0.39 is 17.2 Å². The fraction of sp³-hybridized carbons (Fsp3) is 0.111. The molecule has 0 saturated heterocycles. The highest BCUT2D eigenvalue weighted by molar-refractivity contribution is 6.14. The highest BCUT2D eigenvalue weighted by Crippen LogP contribution is 2.11. The molecule has 1 rings (SSSR count). The van der Waals surface area contributed by atoms with Gasteiger partial charge in [0.1, 0.15) is 5.82 Å². The first-order valence-electron chi connectivity index (χ1n) is 4.42. The van der Waals surface area contributed by atoms with E-state index in [0.717, 1.165) is 4.57 Å². The fourth-order valence-corrected chi connectivity index (χ4v) is 1.23. The molecule has 0 fully saturated rings. The number of hydrogen-bond acceptors (Lipinski definition) is 5. The van der Waals surface area contributed by atoms with Crippen molar-refractivity contribution in [3.05, 3.63) is 32.5 Å². The molecule has 8 heteroatoms. The summed E-state index contributed by atoms with van der Waals surface area (Å²) in [5.41, 5.74) is 3.56. The number of carboxylic acid groups (broad SMARTS) is 1. The zero-order valence-electron chi connectivity index (χ0n) is 8.85. The molecular weight excluding hydrogens is 228 g/mol. The lowest BCUT2D eigenvalue weighted by Crippen LogP contribution is -2.36. The average molecular weight is 238 g/mol. The maximum Gasteiger partial charge on any atom is 0.329 e. The molecule has 90 valence electrons. The van der Waals surface area contributed by atoms with Crippen molar-refractivity contribution in [1.82, 2.24) is 9.55 Å². The molecule has 0 atom stereocenters. The van der Waals surface area contributed by atoms with Crippen molar-refractivity contribution >= 4 is 23.6 Å². The Kier molecular flexibility index (Phi) is 3.27. The van der Waals surface area contributed by atoms with Gasteiger partial charge in [0.15, 0.2) is 0 Å². The number of anilines is 1. The number of aliphatic carboxylic acids is 1. The molecule has 0 spiro atoms. The fourth-order valence-electron chi connectivity index (χ4n) is 1.23. The molecule has 0 aliphatic carbocycles. The second-order valence-electron chi connectivity index (χ2n) is 3.17. The monoisotopic (exact) mass is 238 g/mol. The van der Waals surface area contributed by atoms with Crippen LogP contribution in [0, 0.1) is 5.41 Å². The number of carboxylic acids is 1. The molecule has 1 aromatic rings. The van der Waals surface area contributed by atoms with Gasteiger partial charge in [-0.3, -0.25) is 14.3 Å². The Labute approximate surface area is 94.5 Å². The van der Waals surface area contributed by atoms with Gasteiger partial charge in [-0.25, -0.2) is 9.59 Å². The van der Waals surface area contributed by atoms with E-state index in [1.807, 2.05) is 0 Å². The average Bonchev–Trinajstić information content (AvgIpc) is 2.24. The van der Waals surface area contributed by atoms with Crippen LogP contribution in [0.25, 0.3) is 5.57 Å². The normalized spacial score (nSPS) is 11.2. The number of allylic oxidation sites excluding steroid dienone is 1. The van der Waals surface area contributed by atoms with Crippen LogP contribution >= 0.6 is 0 Å². The Balaban J connectivity index is 3.68. The maximum absolute atomic E-state index is 11.7. The van der Waals surface area contributed by atoms with Crippen molar-refractivity contribution in [2.75, 3.05) is 5.73 Å². The van der Waals surface area contributed by atoms with Gasteiger partial charge in [-0.2, -0.15) is 0 Å². The molecule has 0 bridgehead atoms. The molecule has 17 heavy (non-hydrogen) atoms. The summed E-state index contributed by atoms with van der Waals surface area (Å²) < 4.78 is 0.741. The van der Waals surface area contributed by atoms with Gasteiger partial charge in [0.2, 0.25) is 0 Å². The van der Waals surface area contributed by atoms with Crippen molar-refractivity contribution in [2.24, 2.45) is 7.05 Å². The predicted molar refractivity (Wildman–Crippen MR) is 61.1 cm³/mol. The summed E-state index contributed by atoms with van der Waals surface area (Å²) in [7, 11) is 1.21. The van der Waals surface area contributed by atoms with E-state index in [0.29, 0.717) is 12.3 Å². The Bertz CT molecular complexity index is 623. The maximum atomic E-state index is 11.7. The van der Waals surface area contributed by atoms with Gasteiger partial charge in [-0.1, -0.05) is 0 Å². The van der Waals surface area contributed by atoms with Crippen LogP contribution in [-0.4, -0.2) is 26.8 Å². The summed E-state index contributed by atoms with van der Waals surface area (Å²) in [6.45, 7) is 0. The third-order valence-corrected chi connectivity index (χ3v) is 2.06. The van der Waals surface area contributed by atoms with Crippen LogP contribution in [-0.2, 0) is 11.8 Å². The van der Waals surface area contributed by atoms with Gasteiger partial charge < -0.3 is 16.2 Å². The lowest BCUT2D eigenvalue weighted by atomic mass is 10.1. The molecule has 1 heterocycles. The smallest absolute Gasteiger partial charge is 0.329 e. The van der Waals surface area contributed by atoms with Crippen LogP contribution in [0.4, 0.5) is 5.82 Å². The van der Waals surface area contributed by atoms with Crippen molar-refractivity contribution in [1.29, 1.82) is 5.41 Å². The van der Waals surface area contributed by atoms with Gasteiger partial charge in [0.25, 0.3) is 5.56 Å². The lowest BCUT2D eigenvalue weighted by Gasteiger charge is -2.06. The van der Waals surface area contributed by atoms with Crippen LogP contribution in [0.5, 0.6) is 0 Å². The Hall–Kier alpha value is -2.64. The number of rotatable bonds is 3. The number of hydrogen-bond donors (Lipinski definition) is 4. The number of nitrogens with zero attached hydrogens (tertiary/aromatic N) is 1. The molecule has 0 aliphatic rings. The van der Waals surface area contributed by atoms with Gasteiger partial charge in [0, 0.05) is 24.9 Å². The first-order chi connectivity index (χ1) is 7.88. The topological polar surface area (TPSA) is 142 Å². The van der Waals surface area contributed by atoms with Crippen molar-refractivity contribution in [3.63, 3.8) is 0 Å². The molecule has 0 amide bonds. The number of nitrogen functional groups attached to an aromatic ring is 1. The van der Waals surface area contributed by atoms with E-state index >= 15 is 0 Å². The van der Waals surface area contributed by atoms with Crippen LogP contribution in [0.1, 0.15) is 5.56 Å². The first-order valence-corrected chi connectivity index (χ1v) is 4.42. The number of aromatic amines is 1. The summed E-state index contributed by atoms with van der Waals surface area (Å²) in [5.74, 6) is -1.59. The van der Waals surface area contributed by atoms with Crippen LogP contribution in [0.15, 0.2) is 15.7 Å². The molecular formula is C9H10N4O4. The minimum absolute atomic E-state index is 0.188. The highest BCUT2D eigenvalue weighted by Gasteiger charge is 2.14.